The third-order valence-electron chi connectivity index (χ3n) is 2.47. The topological polar surface area (TPSA) is 54.4 Å². The van der Waals surface area contributed by atoms with E-state index < -0.39 is 16.8 Å². The predicted molar refractivity (Wildman–Crippen MR) is 58.8 cm³/mol. The molecule has 0 heterocycles. The Bertz CT molecular complexity index is 200. The van der Waals surface area contributed by atoms with E-state index in [0.717, 1.165) is 12.8 Å². The molecular weight excluding hydrogens is 200 g/mol. The Morgan fingerprint density at radius 3 is 2.21 bits per heavy atom. The molecular formula is C10H20O3S. The minimum atomic E-state index is -0.996. The summed E-state index contributed by atoms with van der Waals surface area (Å²) in [5, 5.41) is 8.32. The molecule has 1 N–H and O–H groups in total. The molecule has 0 fully saturated rings. The van der Waals surface area contributed by atoms with Crippen LogP contribution in [0.3, 0.4) is 0 Å². The van der Waals surface area contributed by atoms with Gasteiger partial charge in [-0.05, 0) is 5.92 Å². The summed E-state index contributed by atoms with van der Waals surface area (Å²) in [7, 11) is -0.996. The second kappa shape index (κ2) is 6.98. The smallest absolute Gasteiger partial charge is 0.304 e. The monoisotopic (exact) mass is 220 g/mol. The molecule has 0 aromatic rings. The highest BCUT2D eigenvalue weighted by Gasteiger charge is 2.17. The Labute approximate surface area is 88.4 Å². The normalized spacial score (nSPS) is 15.4. The summed E-state index contributed by atoms with van der Waals surface area (Å²) in [5.41, 5.74) is 0. The zero-order valence-corrected chi connectivity index (χ0v) is 9.97. The first-order valence-electron chi connectivity index (χ1n) is 5.10. The summed E-state index contributed by atoms with van der Waals surface area (Å²) in [6.45, 7) is 5.90. The van der Waals surface area contributed by atoms with Gasteiger partial charge in [0.05, 0.1) is 6.42 Å². The third-order valence-corrected chi connectivity index (χ3v) is 4.33. The molecule has 0 spiro atoms. The Hall–Kier alpha value is -0.380. The summed E-state index contributed by atoms with van der Waals surface area (Å²) >= 11 is 0. The maximum atomic E-state index is 11.7. The van der Waals surface area contributed by atoms with Gasteiger partial charge in [-0.3, -0.25) is 9.00 Å². The average molecular weight is 220 g/mol. The molecule has 0 aliphatic rings. The van der Waals surface area contributed by atoms with Gasteiger partial charge >= 0.3 is 5.97 Å². The van der Waals surface area contributed by atoms with Crippen molar-refractivity contribution in [1.29, 1.82) is 0 Å². The van der Waals surface area contributed by atoms with Gasteiger partial charge in [0.1, 0.15) is 0 Å². The Kier molecular flexibility index (Phi) is 6.79. The summed E-state index contributed by atoms with van der Waals surface area (Å²) in [4.78, 5) is 10.4. The Balaban J connectivity index is 3.99. The van der Waals surface area contributed by atoms with Crippen molar-refractivity contribution in [2.24, 2.45) is 5.92 Å². The number of hydrogen-bond acceptors (Lipinski definition) is 2. The largest absolute Gasteiger partial charge is 0.481 e. The molecule has 0 saturated carbocycles. The van der Waals surface area contributed by atoms with E-state index in [1.165, 1.54) is 0 Å². The molecule has 0 aromatic heterocycles. The quantitative estimate of drug-likeness (QED) is 0.714. The van der Waals surface area contributed by atoms with Gasteiger partial charge in [0, 0.05) is 21.8 Å². The molecule has 84 valence electrons. The van der Waals surface area contributed by atoms with Gasteiger partial charge in [-0.25, -0.2) is 0 Å². The van der Waals surface area contributed by atoms with Crippen molar-refractivity contribution in [1.82, 2.24) is 0 Å². The first kappa shape index (κ1) is 13.6. The average Bonchev–Trinajstić information content (AvgIpc) is 2.12. The molecule has 0 saturated heterocycles. The van der Waals surface area contributed by atoms with Gasteiger partial charge in [-0.2, -0.15) is 0 Å². The molecule has 3 nitrogen and oxygen atoms in total. The first-order valence-corrected chi connectivity index (χ1v) is 6.48. The van der Waals surface area contributed by atoms with Crippen LogP contribution in [0, 0.1) is 5.92 Å². The lowest BCUT2D eigenvalue weighted by atomic mass is 10.1. The lowest BCUT2D eigenvalue weighted by Gasteiger charge is -2.14. The maximum absolute atomic E-state index is 11.7. The summed E-state index contributed by atoms with van der Waals surface area (Å²) < 4.78 is 11.7. The summed E-state index contributed by atoms with van der Waals surface area (Å²) in [5.74, 6) is 0.240. The highest BCUT2D eigenvalue weighted by Crippen LogP contribution is 2.12. The molecule has 0 rings (SSSR count). The summed E-state index contributed by atoms with van der Waals surface area (Å²) in [6.07, 6.45) is 2.04. The van der Waals surface area contributed by atoms with Crippen molar-refractivity contribution >= 4 is 16.8 Å². The van der Waals surface area contributed by atoms with Crippen molar-refractivity contribution < 1.29 is 14.1 Å². The van der Waals surface area contributed by atoms with Crippen molar-refractivity contribution in [3.8, 4) is 0 Å². The first-order chi connectivity index (χ1) is 6.51. The number of carboxylic acid groups (broad SMARTS) is 1. The van der Waals surface area contributed by atoms with Crippen molar-refractivity contribution in [2.75, 3.05) is 5.75 Å². The van der Waals surface area contributed by atoms with Gasteiger partial charge in [0.25, 0.3) is 0 Å². The van der Waals surface area contributed by atoms with E-state index in [9.17, 15) is 9.00 Å². The van der Waals surface area contributed by atoms with Crippen LogP contribution in [0.2, 0.25) is 0 Å². The number of carboxylic acids is 1. The molecule has 0 amide bonds. The molecule has 2 unspecified atom stereocenters. The third kappa shape index (κ3) is 5.37. The van der Waals surface area contributed by atoms with Gasteiger partial charge < -0.3 is 5.11 Å². The van der Waals surface area contributed by atoms with Crippen LogP contribution in [0.25, 0.3) is 0 Å². The van der Waals surface area contributed by atoms with Gasteiger partial charge in [0.2, 0.25) is 0 Å². The molecule has 0 aliphatic heterocycles. The molecule has 0 radical (unpaired) electrons. The van der Waals surface area contributed by atoms with E-state index in [1.54, 1.807) is 6.92 Å². The zero-order chi connectivity index (χ0) is 11.1. The van der Waals surface area contributed by atoms with Crippen molar-refractivity contribution in [3.63, 3.8) is 0 Å². The molecule has 0 bridgehead atoms. The van der Waals surface area contributed by atoms with E-state index in [2.05, 4.69) is 13.8 Å². The van der Waals surface area contributed by atoms with E-state index in [0.29, 0.717) is 11.7 Å². The summed E-state index contributed by atoms with van der Waals surface area (Å²) in [6, 6.07) is 0. The molecule has 0 aromatic carbocycles. The minimum absolute atomic E-state index is 0.00671. The van der Waals surface area contributed by atoms with Crippen LogP contribution in [0.15, 0.2) is 0 Å². The van der Waals surface area contributed by atoms with Crippen LogP contribution in [-0.4, -0.2) is 26.3 Å². The number of hydrogen-bond donors (Lipinski definition) is 1. The van der Waals surface area contributed by atoms with Gasteiger partial charge in [-0.1, -0.05) is 33.6 Å². The molecule has 4 heteroatoms. The fraction of sp³-hybridized carbons (Fsp3) is 0.900. The Morgan fingerprint density at radius 1 is 1.36 bits per heavy atom. The minimum Gasteiger partial charge on any atom is -0.481 e. The maximum Gasteiger partial charge on any atom is 0.304 e. The van der Waals surface area contributed by atoms with Crippen LogP contribution in [0.1, 0.15) is 40.0 Å². The standard InChI is InChI=1S/C10H20O3S/c1-4-9(5-2)7-14(13)8(3)6-10(11)12/h8-9H,4-7H2,1-3H3,(H,11,12). The lowest BCUT2D eigenvalue weighted by Crippen LogP contribution is -2.21. The highest BCUT2D eigenvalue weighted by molar-refractivity contribution is 7.85. The van der Waals surface area contributed by atoms with Crippen molar-refractivity contribution in [3.05, 3.63) is 0 Å². The zero-order valence-electron chi connectivity index (χ0n) is 9.16. The number of rotatable bonds is 7. The lowest BCUT2D eigenvalue weighted by molar-refractivity contribution is -0.136. The number of aliphatic carboxylic acids is 1. The van der Waals surface area contributed by atoms with Crippen LogP contribution < -0.4 is 0 Å². The van der Waals surface area contributed by atoms with Gasteiger partial charge in [0.15, 0.2) is 0 Å². The van der Waals surface area contributed by atoms with Crippen LogP contribution in [0.5, 0.6) is 0 Å². The van der Waals surface area contributed by atoms with Crippen LogP contribution in [-0.2, 0) is 15.6 Å². The fourth-order valence-electron chi connectivity index (χ4n) is 1.26. The highest BCUT2D eigenvalue weighted by atomic mass is 32.2. The van der Waals surface area contributed by atoms with E-state index >= 15 is 0 Å². The molecule has 14 heavy (non-hydrogen) atoms. The Morgan fingerprint density at radius 2 is 1.86 bits per heavy atom. The SMILES string of the molecule is CCC(CC)CS(=O)C(C)CC(=O)O. The second-order valence-electron chi connectivity index (χ2n) is 3.64. The van der Waals surface area contributed by atoms with E-state index in [-0.39, 0.29) is 11.7 Å². The van der Waals surface area contributed by atoms with Crippen molar-refractivity contribution in [2.45, 2.75) is 45.3 Å². The number of carbonyl (C=O) groups is 1. The van der Waals surface area contributed by atoms with E-state index in [1.807, 2.05) is 0 Å². The second-order valence-corrected chi connectivity index (χ2v) is 5.54. The van der Waals surface area contributed by atoms with E-state index in [4.69, 9.17) is 5.11 Å². The molecule has 0 aliphatic carbocycles. The van der Waals surface area contributed by atoms with Gasteiger partial charge in [-0.15, -0.1) is 0 Å². The molecule has 2 atom stereocenters. The van der Waals surface area contributed by atoms with Crippen LogP contribution in [0.4, 0.5) is 0 Å². The van der Waals surface area contributed by atoms with Crippen LogP contribution >= 0.6 is 0 Å². The predicted octanol–water partition coefficient (Wildman–Crippen LogP) is 2.03. The fourth-order valence-corrected chi connectivity index (χ4v) is 2.85.